The molecule has 0 radical (unpaired) electrons. The van der Waals surface area contributed by atoms with Crippen molar-refractivity contribution in [1.82, 2.24) is 4.48 Å². The smallest absolute Gasteiger partial charge is 0.599 e. The summed E-state index contributed by atoms with van der Waals surface area (Å²) in [5, 5.41) is 19.6. The Hall–Kier alpha value is -3.71. The third kappa shape index (κ3) is 1.83. The van der Waals surface area contributed by atoms with Gasteiger partial charge in [0.25, 0.3) is 0 Å². The number of allylic oxidation sites excluding steroid dienone is 3. The Balaban J connectivity index is 1.95. The molecule has 1 aromatic heterocycles. The molecule has 7 heteroatoms. The predicted octanol–water partition coefficient (Wildman–Crippen LogP) is 3.80. The Kier molecular flexibility index (Phi) is 3.25. The molecular formula is C22H19BN4O2. The van der Waals surface area contributed by atoms with Gasteiger partial charge in [-0.2, -0.15) is 10.5 Å². The standard InChI is InChI=1S/C22H19BN4O2/c1-12-17(10-24)15(4)26-21(12)14(3)22-13(2)18(11-25)16(5)27(22)23(26)28-19-8-6-7-9-20(19)29-23/h6-9H,1-5H3. The van der Waals surface area contributed by atoms with Gasteiger partial charge in [0, 0.05) is 29.5 Å². The number of fused-ring (bicyclic) bond motifs is 5. The maximum absolute atomic E-state index is 9.80. The Morgan fingerprint density at radius 2 is 1.55 bits per heavy atom. The number of rotatable bonds is 0. The normalized spacial score (nSPS) is 18.2. The molecule has 1 aromatic carbocycles. The van der Waals surface area contributed by atoms with Gasteiger partial charge in [0.15, 0.2) is 11.4 Å². The molecule has 142 valence electrons. The second kappa shape index (κ2) is 5.43. The maximum atomic E-state index is 9.80. The molecule has 29 heavy (non-hydrogen) atoms. The van der Waals surface area contributed by atoms with E-state index in [2.05, 4.69) is 12.1 Å². The number of nitrogens with zero attached hydrogens (tertiary/aromatic N) is 4. The first-order valence-corrected chi connectivity index (χ1v) is 9.57. The molecule has 2 aromatic rings. The molecule has 0 bridgehead atoms. The first-order valence-electron chi connectivity index (χ1n) is 9.57. The average molecular weight is 382 g/mol. The molecular weight excluding hydrogens is 363 g/mol. The molecule has 0 amide bonds. The van der Waals surface area contributed by atoms with E-state index in [0.717, 1.165) is 39.5 Å². The highest BCUT2D eigenvalue weighted by molar-refractivity contribution is 6.62. The van der Waals surface area contributed by atoms with E-state index in [-0.39, 0.29) is 0 Å². The topological polar surface area (TPSA) is 74.0 Å². The summed E-state index contributed by atoms with van der Waals surface area (Å²) in [6.45, 7) is 7.54. The number of para-hydroxylation sites is 2. The lowest BCUT2D eigenvalue weighted by molar-refractivity contribution is -0.369. The molecule has 3 aliphatic heterocycles. The Bertz CT molecular complexity index is 1300. The van der Waals surface area contributed by atoms with Crippen molar-refractivity contribution in [2.45, 2.75) is 34.6 Å². The summed E-state index contributed by atoms with van der Waals surface area (Å²) in [6.07, 6.45) is 0. The van der Waals surface area contributed by atoms with E-state index in [9.17, 15) is 10.5 Å². The van der Waals surface area contributed by atoms with Gasteiger partial charge >= 0.3 is 6.82 Å². The van der Waals surface area contributed by atoms with Crippen LogP contribution in [0.15, 0.2) is 41.1 Å². The number of benzene rings is 1. The lowest BCUT2D eigenvalue weighted by Gasteiger charge is -2.38. The lowest BCUT2D eigenvalue weighted by Crippen LogP contribution is -2.65. The van der Waals surface area contributed by atoms with Crippen molar-refractivity contribution in [2.75, 3.05) is 0 Å². The minimum Gasteiger partial charge on any atom is -0.599 e. The van der Waals surface area contributed by atoms with Crippen LogP contribution in [-0.2, 0) is 0 Å². The van der Waals surface area contributed by atoms with Crippen LogP contribution < -0.4 is 9.31 Å². The van der Waals surface area contributed by atoms with E-state index in [1.807, 2.05) is 67.8 Å². The van der Waals surface area contributed by atoms with E-state index in [4.69, 9.17) is 9.31 Å². The van der Waals surface area contributed by atoms with Crippen LogP contribution in [0.4, 0.5) is 0 Å². The first-order chi connectivity index (χ1) is 13.9. The average Bonchev–Trinajstić information content (AvgIpc) is 3.28. The van der Waals surface area contributed by atoms with Gasteiger partial charge in [0.1, 0.15) is 29.2 Å². The van der Waals surface area contributed by atoms with Crippen LogP contribution in [0.3, 0.4) is 0 Å². The highest BCUT2D eigenvalue weighted by Gasteiger charge is 2.63. The van der Waals surface area contributed by atoms with E-state index < -0.39 is 6.82 Å². The van der Waals surface area contributed by atoms with Gasteiger partial charge in [0.2, 0.25) is 0 Å². The molecule has 0 saturated carbocycles. The molecule has 1 spiro atoms. The summed E-state index contributed by atoms with van der Waals surface area (Å²) in [5.74, 6) is 1.30. The van der Waals surface area contributed by atoms with Crippen LogP contribution >= 0.6 is 0 Å². The van der Waals surface area contributed by atoms with Crippen molar-refractivity contribution < 1.29 is 13.8 Å². The van der Waals surface area contributed by atoms with Crippen molar-refractivity contribution in [3.05, 3.63) is 63.6 Å². The Labute approximate surface area is 169 Å². The van der Waals surface area contributed by atoms with E-state index in [0.29, 0.717) is 22.6 Å². The summed E-state index contributed by atoms with van der Waals surface area (Å²) in [4.78, 5) is 0. The van der Waals surface area contributed by atoms with Crippen LogP contribution in [0.5, 0.6) is 11.5 Å². The maximum Gasteiger partial charge on any atom is 0.780 e. The SMILES string of the molecule is CC1=C(C#N)C(C)=[N+]2C1=C(C)c1c(C)c(C#N)c(C)n1[B-]21Oc2ccccc2O1. The minimum absolute atomic E-state index is 0.630. The van der Waals surface area contributed by atoms with Crippen LogP contribution in [0.2, 0.25) is 0 Å². The molecule has 0 N–H and O–H groups in total. The molecule has 0 unspecified atom stereocenters. The number of hydrogen-bond donors (Lipinski definition) is 0. The number of nitriles is 2. The fraction of sp³-hybridized carbons (Fsp3) is 0.227. The van der Waals surface area contributed by atoms with Gasteiger partial charge in [-0.1, -0.05) is 12.1 Å². The minimum atomic E-state index is -2.25. The van der Waals surface area contributed by atoms with Gasteiger partial charge in [-0.05, 0) is 45.4 Å². The number of aromatic nitrogens is 1. The zero-order valence-electron chi connectivity index (χ0n) is 17.0. The highest BCUT2D eigenvalue weighted by Crippen LogP contribution is 2.48. The summed E-state index contributed by atoms with van der Waals surface area (Å²) >= 11 is 0. The summed E-state index contributed by atoms with van der Waals surface area (Å²) in [5.41, 5.74) is 7.49. The van der Waals surface area contributed by atoms with Crippen LogP contribution in [-0.4, -0.2) is 21.5 Å². The van der Waals surface area contributed by atoms with Gasteiger partial charge in [-0.25, -0.2) is 0 Å². The Morgan fingerprint density at radius 3 is 2.10 bits per heavy atom. The number of hydrogen-bond acceptors (Lipinski definition) is 4. The van der Waals surface area contributed by atoms with Crippen molar-refractivity contribution in [2.24, 2.45) is 0 Å². The first kappa shape index (κ1) is 17.4. The largest absolute Gasteiger partial charge is 0.780 e. The second-order valence-corrected chi connectivity index (χ2v) is 7.77. The van der Waals surface area contributed by atoms with Crippen molar-refractivity contribution in [1.29, 1.82) is 10.5 Å². The molecule has 0 fully saturated rings. The Morgan fingerprint density at radius 1 is 0.931 bits per heavy atom. The monoisotopic (exact) mass is 382 g/mol. The van der Waals surface area contributed by atoms with Gasteiger partial charge in [-0.15, -0.1) is 0 Å². The van der Waals surface area contributed by atoms with Gasteiger partial charge in [-0.3, -0.25) is 0 Å². The summed E-state index contributed by atoms with van der Waals surface area (Å²) in [7, 11) is 0. The molecule has 0 atom stereocenters. The molecule has 6 nitrogen and oxygen atoms in total. The predicted molar refractivity (Wildman–Crippen MR) is 109 cm³/mol. The molecule has 0 saturated heterocycles. The second-order valence-electron chi connectivity index (χ2n) is 7.77. The van der Waals surface area contributed by atoms with Crippen molar-refractivity contribution in [3.63, 3.8) is 0 Å². The molecule has 4 heterocycles. The quantitative estimate of drug-likeness (QED) is 0.650. The summed E-state index contributed by atoms with van der Waals surface area (Å²) < 4.78 is 17.2. The van der Waals surface area contributed by atoms with E-state index in [1.165, 1.54) is 0 Å². The van der Waals surface area contributed by atoms with Gasteiger partial charge in [0.05, 0.1) is 5.56 Å². The molecule has 0 aliphatic carbocycles. The lowest BCUT2D eigenvalue weighted by atomic mass is 9.80. The van der Waals surface area contributed by atoms with Crippen LogP contribution in [0, 0.1) is 36.5 Å². The highest BCUT2D eigenvalue weighted by atomic mass is 16.7. The van der Waals surface area contributed by atoms with E-state index >= 15 is 0 Å². The van der Waals surface area contributed by atoms with Gasteiger partial charge < -0.3 is 18.3 Å². The van der Waals surface area contributed by atoms with Crippen LogP contribution in [0.1, 0.15) is 43.3 Å². The zero-order valence-corrected chi connectivity index (χ0v) is 17.0. The van der Waals surface area contributed by atoms with Crippen molar-refractivity contribution >= 4 is 18.1 Å². The molecule has 5 rings (SSSR count). The van der Waals surface area contributed by atoms with Crippen LogP contribution in [0.25, 0.3) is 5.57 Å². The van der Waals surface area contributed by atoms with E-state index in [1.54, 1.807) is 0 Å². The third-order valence-electron chi connectivity index (χ3n) is 6.39. The fourth-order valence-corrected chi connectivity index (χ4v) is 5.22. The molecule has 3 aliphatic rings. The zero-order chi connectivity index (χ0) is 20.7. The third-order valence-corrected chi connectivity index (χ3v) is 6.39. The van der Waals surface area contributed by atoms with Crippen molar-refractivity contribution in [3.8, 4) is 23.6 Å². The summed E-state index contributed by atoms with van der Waals surface area (Å²) in [6, 6.07) is 12.3. The fourth-order valence-electron chi connectivity index (χ4n) is 5.22.